The number of carbonyl (C=O) groups is 2. The fraction of sp³-hybridized carbons (Fsp3) is 0.579. The quantitative estimate of drug-likeness (QED) is 0.723. The van der Waals surface area contributed by atoms with Gasteiger partial charge in [0.25, 0.3) is 5.91 Å². The molecule has 1 saturated heterocycles. The molecule has 1 aromatic carbocycles. The Morgan fingerprint density at radius 2 is 1.76 bits per heavy atom. The fourth-order valence-corrected chi connectivity index (χ4v) is 3.13. The molecule has 6 nitrogen and oxygen atoms in total. The van der Waals surface area contributed by atoms with E-state index in [1.807, 2.05) is 39.0 Å². The summed E-state index contributed by atoms with van der Waals surface area (Å²) in [7, 11) is 0. The van der Waals surface area contributed by atoms with Crippen molar-refractivity contribution in [1.29, 1.82) is 0 Å². The number of likely N-dealkylation sites (N-methyl/N-ethyl adjacent to an activating group) is 1. The Hall–Kier alpha value is -2.24. The highest BCUT2D eigenvalue weighted by Crippen LogP contribution is 2.27. The summed E-state index contributed by atoms with van der Waals surface area (Å²) in [4.78, 5) is 28.6. The van der Waals surface area contributed by atoms with Crippen molar-refractivity contribution in [1.82, 2.24) is 9.80 Å². The van der Waals surface area contributed by atoms with Gasteiger partial charge < -0.3 is 19.3 Å². The van der Waals surface area contributed by atoms with Gasteiger partial charge in [0.2, 0.25) is 5.91 Å². The van der Waals surface area contributed by atoms with Gasteiger partial charge in [-0.3, -0.25) is 9.59 Å². The van der Waals surface area contributed by atoms with Crippen molar-refractivity contribution in [3.05, 3.63) is 24.3 Å². The number of amides is 2. The summed E-state index contributed by atoms with van der Waals surface area (Å²) < 4.78 is 11.2. The molecule has 0 N–H and O–H groups in total. The van der Waals surface area contributed by atoms with Gasteiger partial charge in [-0.1, -0.05) is 12.1 Å². The molecular weight excluding hydrogens is 320 g/mol. The van der Waals surface area contributed by atoms with E-state index in [9.17, 15) is 9.59 Å². The van der Waals surface area contributed by atoms with Crippen LogP contribution in [0.5, 0.6) is 11.5 Å². The zero-order valence-corrected chi connectivity index (χ0v) is 15.4. The van der Waals surface area contributed by atoms with Crippen molar-refractivity contribution in [2.45, 2.75) is 39.7 Å². The molecule has 0 unspecified atom stereocenters. The van der Waals surface area contributed by atoms with E-state index >= 15 is 0 Å². The number of carbonyl (C=O) groups excluding carboxylic acids is 2. The van der Waals surface area contributed by atoms with E-state index in [0.717, 1.165) is 12.8 Å². The summed E-state index contributed by atoms with van der Waals surface area (Å²) >= 11 is 0. The highest BCUT2D eigenvalue weighted by molar-refractivity contribution is 5.88. The van der Waals surface area contributed by atoms with Crippen molar-refractivity contribution >= 4 is 11.8 Å². The van der Waals surface area contributed by atoms with E-state index in [-0.39, 0.29) is 24.5 Å². The number of nitrogens with zero attached hydrogens (tertiary/aromatic N) is 2. The first-order chi connectivity index (χ1) is 12.1. The predicted molar refractivity (Wildman–Crippen MR) is 95.8 cm³/mol. The van der Waals surface area contributed by atoms with Crippen LogP contribution in [0, 0.1) is 0 Å². The van der Waals surface area contributed by atoms with Gasteiger partial charge in [0.05, 0.1) is 6.61 Å². The second-order valence-corrected chi connectivity index (χ2v) is 5.92. The molecule has 1 aliphatic rings. The van der Waals surface area contributed by atoms with Gasteiger partial charge in [-0.25, -0.2) is 0 Å². The molecule has 1 atom stereocenters. The molecule has 1 aliphatic heterocycles. The molecule has 0 spiro atoms. The van der Waals surface area contributed by atoms with Gasteiger partial charge in [0, 0.05) is 19.6 Å². The standard InChI is InChI=1S/C19H28N2O4/c1-4-20(5-2)19(23)15-10-9-13-21(15)18(22)14-25-17-12-8-7-11-16(17)24-6-3/h7-8,11-12,15H,4-6,9-10,13-14H2,1-3H3/t15-/m0/s1. The Morgan fingerprint density at radius 1 is 1.12 bits per heavy atom. The van der Waals surface area contributed by atoms with Crippen molar-refractivity contribution in [3.63, 3.8) is 0 Å². The lowest BCUT2D eigenvalue weighted by Gasteiger charge is -2.29. The average Bonchev–Trinajstić information content (AvgIpc) is 3.11. The topological polar surface area (TPSA) is 59.1 Å². The van der Waals surface area contributed by atoms with Crippen LogP contribution < -0.4 is 9.47 Å². The number of rotatable bonds is 8. The van der Waals surface area contributed by atoms with Gasteiger partial charge in [-0.05, 0) is 45.7 Å². The van der Waals surface area contributed by atoms with Gasteiger partial charge in [-0.2, -0.15) is 0 Å². The Labute approximate surface area is 149 Å². The van der Waals surface area contributed by atoms with Crippen LogP contribution in [0.2, 0.25) is 0 Å². The van der Waals surface area contributed by atoms with Crippen LogP contribution in [-0.2, 0) is 9.59 Å². The number of likely N-dealkylation sites (tertiary alicyclic amines) is 1. The van der Waals surface area contributed by atoms with Gasteiger partial charge in [0.15, 0.2) is 18.1 Å². The van der Waals surface area contributed by atoms with Crippen molar-refractivity contribution < 1.29 is 19.1 Å². The summed E-state index contributed by atoms with van der Waals surface area (Å²) in [6, 6.07) is 6.93. The van der Waals surface area contributed by atoms with Crippen LogP contribution in [-0.4, -0.2) is 60.5 Å². The van der Waals surface area contributed by atoms with Crippen LogP contribution in [0.15, 0.2) is 24.3 Å². The fourth-order valence-electron chi connectivity index (χ4n) is 3.13. The molecular formula is C19H28N2O4. The molecule has 0 bridgehead atoms. The second-order valence-electron chi connectivity index (χ2n) is 5.92. The SMILES string of the molecule is CCOc1ccccc1OCC(=O)N1CCC[C@H]1C(=O)N(CC)CC. The Kier molecular flexibility index (Phi) is 7.10. The first-order valence-electron chi connectivity index (χ1n) is 9.05. The highest BCUT2D eigenvalue weighted by Gasteiger charge is 2.35. The van der Waals surface area contributed by atoms with E-state index in [1.54, 1.807) is 15.9 Å². The predicted octanol–water partition coefficient (Wildman–Crippen LogP) is 2.32. The monoisotopic (exact) mass is 348 g/mol. The summed E-state index contributed by atoms with van der Waals surface area (Å²) in [5, 5.41) is 0. The molecule has 25 heavy (non-hydrogen) atoms. The highest BCUT2D eigenvalue weighted by atomic mass is 16.5. The van der Waals surface area contributed by atoms with Gasteiger partial charge in [-0.15, -0.1) is 0 Å². The molecule has 0 radical (unpaired) electrons. The lowest BCUT2D eigenvalue weighted by molar-refractivity contribution is -0.144. The van der Waals surface area contributed by atoms with E-state index in [0.29, 0.717) is 37.7 Å². The summed E-state index contributed by atoms with van der Waals surface area (Å²) in [5.41, 5.74) is 0. The molecule has 0 aromatic heterocycles. The molecule has 138 valence electrons. The molecule has 0 aliphatic carbocycles. The number of hydrogen-bond acceptors (Lipinski definition) is 4. The number of para-hydroxylation sites is 2. The maximum atomic E-state index is 12.6. The van der Waals surface area contributed by atoms with Crippen molar-refractivity contribution in [3.8, 4) is 11.5 Å². The Bertz CT molecular complexity index is 587. The van der Waals surface area contributed by atoms with Crippen LogP contribution in [0.25, 0.3) is 0 Å². The summed E-state index contributed by atoms with van der Waals surface area (Å²) in [6.45, 7) is 8.17. The molecule has 1 fully saturated rings. The molecule has 6 heteroatoms. The maximum absolute atomic E-state index is 12.6. The zero-order chi connectivity index (χ0) is 18.2. The van der Waals surface area contributed by atoms with E-state index in [2.05, 4.69) is 0 Å². The van der Waals surface area contributed by atoms with E-state index in [1.165, 1.54) is 0 Å². The van der Waals surface area contributed by atoms with Crippen LogP contribution in [0.1, 0.15) is 33.6 Å². The second kappa shape index (κ2) is 9.30. The minimum absolute atomic E-state index is 0.0329. The van der Waals surface area contributed by atoms with E-state index in [4.69, 9.17) is 9.47 Å². The first-order valence-corrected chi connectivity index (χ1v) is 9.05. The van der Waals surface area contributed by atoms with Crippen molar-refractivity contribution in [2.24, 2.45) is 0 Å². The number of benzene rings is 1. The summed E-state index contributed by atoms with van der Waals surface area (Å²) in [6.07, 6.45) is 1.57. The normalized spacial score (nSPS) is 16.6. The first kappa shape index (κ1) is 19.1. The zero-order valence-electron chi connectivity index (χ0n) is 15.4. The van der Waals surface area contributed by atoms with Crippen LogP contribution in [0.3, 0.4) is 0 Å². The van der Waals surface area contributed by atoms with E-state index < -0.39 is 0 Å². The molecule has 2 amide bonds. The third-order valence-corrected chi connectivity index (χ3v) is 4.43. The third kappa shape index (κ3) is 4.65. The van der Waals surface area contributed by atoms with Gasteiger partial charge >= 0.3 is 0 Å². The number of hydrogen-bond donors (Lipinski definition) is 0. The third-order valence-electron chi connectivity index (χ3n) is 4.43. The smallest absolute Gasteiger partial charge is 0.261 e. The minimum atomic E-state index is -0.363. The molecule has 1 aromatic rings. The van der Waals surface area contributed by atoms with Gasteiger partial charge in [0.1, 0.15) is 6.04 Å². The lowest BCUT2D eigenvalue weighted by Crippen LogP contribution is -2.48. The molecule has 0 saturated carbocycles. The lowest BCUT2D eigenvalue weighted by atomic mass is 10.2. The maximum Gasteiger partial charge on any atom is 0.261 e. The number of ether oxygens (including phenoxy) is 2. The molecule has 2 rings (SSSR count). The summed E-state index contributed by atoms with van der Waals surface area (Å²) in [5.74, 6) is 1.04. The minimum Gasteiger partial charge on any atom is -0.490 e. The molecule has 1 heterocycles. The Morgan fingerprint density at radius 3 is 2.36 bits per heavy atom. The van der Waals surface area contributed by atoms with Crippen LogP contribution in [0.4, 0.5) is 0 Å². The van der Waals surface area contributed by atoms with Crippen molar-refractivity contribution in [2.75, 3.05) is 32.8 Å². The average molecular weight is 348 g/mol. The van der Waals surface area contributed by atoms with Crippen LogP contribution >= 0.6 is 0 Å². The Balaban J connectivity index is 1.99. The largest absolute Gasteiger partial charge is 0.490 e.